The highest BCUT2D eigenvalue weighted by molar-refractivity contribution is 5.93. The number of carbonyl (C=O) groups is 1. The summed E-state index contributed by atoms with van der Waals surface area (Å²) in [6.45, 7) is 8.65. The Labute approximate surface area is 226 Å². The van der Waals surface area contributed by atoms with E-state index >= 15 is 0 Å². The van der Waals surface area contributed by atoms with Gasteiger partial charge in [0.2, 0.25) is 0 Å². The average molecular weight is 507 g/mol. The lowest BCUT2D eigenvalue weighted by Gasteiger charge is -2.53. The van der Waals surface area contributed by atoms with Gasteiger partial charge in [-0.15, -0.1) is 0 Å². The molecule has 196 valence electrons. The molecule has 1 aromatic carbocycles. The molecule has 0 spiro atoms. The van der Waals surface area contributed by atoms with Crippen LogP contribution in [0.4, 0.5) is 0 Å². The number of rotatable bonds is 2. The van der Waals surface area contributed by atoms with Gasteiger partial charge in [-0.05, 0) is 93.9 Å². The molecule has 2 saturated carbocycles. The van der Waals surface area contributed by atoms with E-state index in [1.165, 1.54) is 22.3 Å². The van der Waals surface area contributed by atoms with Gasteiger partial charge < -0.3 is 5.11 Å². The highest BCUT2D eigenvalue weighted by Gasteiger charge is 2.62. The van der Waals surface area contributed by atoms with Crippen molar-refractivity contribution in [2.75, 3.05) is 0 Å². The van der Waals surface area contributed by atoms with Crippen LogP contribution < -0.4 is 0 Å². The molecule has 1 aromatic heterocycles. The molecule has 0 amide bonds. The quantitative estimate of drug-likeness (QED) is 0.454. The van der Waals surface area contributed by atoms with Gasteiger partial charge in [-0.3, -0.25) is 14.8 Å². The standard InChI is InChI=1S/C34H38N2O2/c1-32(2,3)15-16-34(38)14-13-29-27-11-9-24-19-25(37)10-12-26(24)31(27)28(20-33(29,34)4)22-5-7-23(8-6-22)30-21-35-17-18-36-30/h5-8,17-19,21,27-29,38H,9-14,20H2,1-4H3/t27-,28+,29-,33-,34+/m0/s1. The van der Waals surface area contributed by atoms with Crippen LogP contribution >= 0.6 is 0 Å². The van der Waals surface area contributed by atoms with Crippen LogP contribution in [0.2, 0.25) is 0 Å². The van der Waals surface area contributed by atoms with Gasteiger partial charge in [-0.2, -0.15) is 0 Å². The molecule has 4 aliphatic carbocycles. The molecule has 6 rings (SSSR count). The number of ketones is 1. The Morgan fingerprint density at radius 3 is 2.55 bits per heavy atom. The summed E-state index contributed by atoms with van der Waals surface area (Å²) >= 11 is 0. The van der Waals surface area contributed by atoms with Crippen molar-refractivity contribution >= 4 is 5.78 Å². The van der Waals surface area contributed by atoms with Crippen LogP contribution in [0, 0.1) is 34.5 Å². The zero-order valence-corrected chi connectivity index (χ0v) is 23.1. The van der Waals surface area contributed by atoms with Crippen molar-refractivity contribution in [2.24, 2.45) is 22.7 Å². The Bertz CT molecular complexity index is 1390. The molecular formula is C34H38N2O2. The van der Waals surface area contributed by atoms with E-state index < -0.39 is 5.60 Å². The Morgan fingerprint density at radius 1 is 1.05 bits per heavy atom. The van der Waals surface area contributed by atoms with E-state index in [4.69, 9.17) is 0 Å². The van der Waals surface area contributed by atoms with Crippen LogP contribution in [0.3, 0.4) is 0 Å². The summed E-state index contributed by atoms with van der Waals surface area (Å²) in [5.74, 6) is 8.10. The number of hydrogen-bond acceptors (Lipinski definition) is 4. The lowest BCUT2D eigenvalue weighted by Crippen LogP contribution is -2.51. The molecule has 0 bridgehead atoms. The second-order valence-corrected chi connectivity index (χ2v) is 13.1. The molecular weight excluding hydrogens is 468 g/mol. The Balaban J connectivity index is 1.47. The molecule has 0 unspecified atom stereocenters. The van der Waals surface area contributed by atoms with E-state index in [-0.39, 0.29) is 22.5 Å². The van der Waals surface area contributed by atoms with Crippen LogP contribution in [0.5, 0.6) is 0 Å². The molecule has 1 N–H and O–H groups in total. The van der Waals surface area contributed by atoms with E-state index in [0.717, 1.165) is 49.8 Å². The van der Waals surface area contributed by atoms with Crippen LogP contribution in [0.25, 0.3) is 11.3 Å². The predicted molar refractivity (Wildman–Crippen MR) is 150 cm³/mol. The zero-order chi connectivity index (χ0) is 26.7. The fourth-order valence-electron chi connectivity index (χ4n) is 7.79. The van der Waals surface area contributed by atoms with E-state index in [1.54, 1.807) is 18.6 Å². The van der Waals surface area contributed by atoms with Crippen molar-refractivity contribution in [3.05, 3.63) is 71.2 Å². The highest BCUT2D eigenvalue weighted by atomic mass is 16.3. The molecule has 0 aliphatic heterocycles. The molecule has 4 aliphatic rings. The molecule has 4 nitrogen and oxygen atoms in total. The number of fused-ring (bicyclic) bond motifs is 4. The van der Waals surface area contributed by atoms with Crippen LogP contribution in [0.1, 0.15) is 84.1 Å². The maximum atomic E-state index is 12.3. The van der Waals surface area contributed by atoms with Gasteiger partial charge in [0, 0.05) is 41.1 Å². The lowest BCUT2D eigenvalue weighted by molar-refractivity contribution is -0.114. The molecule has 38 heavy (non-hydrogen) atoms. The number of aromatic nitrogens is 2. The van der Waals surface area contributed by atoms with Gasteiger partial charge in [0.05, 0.1) is 11.9 Å². The fourth-order valence-corrected chi connectivity index (χ4v) is 7.79. The third-order valence-corrected chi connectivity index (χ3v) is 9.70. The normalized spacial score (nSPS) is 32.5. The van der Waals surface area contributed by atoms with Gasteiger partial charge in [-0.1, -0.05) is 48.6 Å². The number of aliphatic hydroxyl groups is 1. The number of hydrogen-bond donors (Lipinski definition) is 1. The summed E-state index contributed by atoms with van der Waals surface area (Å²) in [6, 6.07) is 8.78. The third-order valence-electron chi connectivity index (χ3n) is 9.70. The Kier molecular flexibility index (Phi) is 6.00. The SMILES string of the molecule is CC(C)(C)C#C[C@]1(O)CC[C@H]2[C@@H]3CCC4=CC(=O)CCC4=C3[C@@H](c3ccc(-c4cnccn4)cc3)C[C@@]21C. The third kappa shape index (κ3) is 4.16. The molecule has 2 fully saturated rings. The molecule has 0 saturated heterocycles. The van der Waals surface area contributed by atoms with Gasteiger partial charge in [0.15, 0.2) is 5.78 Å². The largest absolute Gasteiger partial charge is 0.377 e. The van der Waals surface area contributed by atoms with Gasteiger partial charge >= 0.3 is 0 Å². The maximum absolute atomic E-state index is 12.3. The first-order valence-corrected chi connectivity index (χ1v) is 14.2. The minimum Gasteiger partial charge on any atom is -0.377 e. The molecule has 5 atom stereocenters. The highest BCUT2D eigenvalue weighted by Crippen LogP contribution is 2.66. The van der Waals surface area contributed by atoms with Crippen molar-refractivity contribution in [3.8, 4) is 23.1 Å². The number of allylic oxidation sites excluding steroid dienone is 4. The van der Waals surface area contributed by atoms with Gasteiger partial charge in [0.25, 0.3) is 0 Å². The zero-order valence-electron chi connectivity index (χ0n) is 23.1. The Hall–Kier alpha value is -3.03. The molecule has 1 heterocycles. The monoisotopic (exact) mass is 506 g/mol. The van der Waals surface area contributed by atoms with E-state index in [0.29, 0.717) is 18.3 Å². The molecule has 0 radical (unpaired) electrons. The predicted octanol–water partition coefficient (Wildman–Crippen LogP) is 6.82. The average Bonchev–Trinajstić information content (AvgIpc) is 3.17. The summed E-state index contributed by atoms with van der Waals surface area (Å²) < 4.78 is 0. The van der Waals surface area contributed by atoms with Gasteiger partial charge in [-0.25, -0.2) is 0 Å². The first kappa shape index (κ1) is 25.3. The van der Waals surface area contributed by atoms with Crippen molar-refractivity contribution in [1.82, 2.24) is 9.97 Å². The summed E-state index contributed by atoms with van der Waals surface area (Å²) in [5, 5.41) is 12.2. The molecule has 4 heteroatoms. The number of carbonyl (C=O) groups excluding carboxylic acids is 1. The summed E-state index contributed by atoms with van der Waals surface area (Å²) in [6.07, 6.45) is 13.2. The van der Waals surface area contributed by atoms with E-state index in [1.807, 2.05) is 6.08 Å². The van der Waals surface area contributed by atoms with E-state index in [9.17, 15) is 9.90 Å². The summed E-state index contributed by atoms with van der Waals surface area (Å²) in [4.78, 5) is 21.0. The van der Waals surface area contributed by atoms with Crippen LogP contribution in [-0.4, -0.2) is 26.5 Å². The molecule has 2 aromatic rings. The number of nitrogens with zero attached hydrogens (tertiary/aromatic N) is 2. The van der Waals surface area contributed by atoms with Crippen molar-refractivity contribution in [1.29, 1.82) is 0 Å². The van der Waals surface area contributed by atoms with Gasteiger partial charge in [0.1, 0.15) is 5.60 Å². The van der Waals surface area contributed by atoms with Crippen molar-refractivity contribution in [3.63, 3.8) is 0 Å². The van der Waals surface area contributed by atoms with Crippen LogP contribution in [0.15, 0.2) is 65.7 Å². The lowest BCUT2D eigenvalue weighted by atomic mass is 9.51. The maximum Gasteiger partial charge on any atom is 0.156 e. The first-order valence-electron chi connectivity index (χ1n) is 14.2. The smallest absolute Gasteiger partial charge is 0.156 e. The minimum absolute atomic E-state index is 0.152. The second kappa shape index (κ2) is 9.02. The minimum atomic E-state index is -0.988. The van der Waals surface area contributed by atoms with E-state index in [2.05, 4.69) is 73.8 Å². The van der Waals surface area contributed by atoms with Crippen LogP contribution in [-0.2, 0) is 4.79 Å². The number of benzene rings is 1. The first-order chi connectivity index (χ1) is 18.1. The summed E-state index contributed by atoms with van der Waals surface area (Å²) in [7, 11) is 0. The fraction of sp³-hybridized carbons (Fsp3) is 0.500. The second-order valence-electron chi connectivity index (χ2n) is 13.1. The van der Waals surface area contributed by atoms with Crippen molar-refractivity contribution < 1.29 is 9.90 Å². The topological polar surface area (TPSA) is 63.1 Å². The Morgan fingerprint density at radius 2 is 1.84 bits per heavy atom. The van der Waals surface area contributed by atoms with Crippen molar-refractivity contribution in [2.45, 2.75) is 84.2 Å². The summed E-state index contributed by atoms with van der Waals surface area (Å²) in [5.41, 5.74) is 6.00.